The van der Waals surface area contributed by atoms with Gasteiger partial charge in [0, 0.05) is 31.6 Å². The number of hydrogen-bond donors (Lipinski definition) is 2. The lowest BCUT2D eigenvalue weighted by molar-refractivity contribution is -0.147. The quantitative estimate of drug-likeness (QED) is 0.799. The number of piperidine rings is 1. The highest BCUT2D eigenvalue weighted by Crippen LogP contribution is 2.27. The molecule has 3 heterocycles. The summed E-state index contributed by atoms with van der Waals surface area (Å²) in [7, 11) is 1.64. The average Bonchev–Trinajstić information content (AvgIpc) is 3.17. The maximum absolute atomic E-state index is 12.8. The molecular formula is C17H27N3O3S. The lowest BCUT2D eigenvalue weighted by atomic mass is 9.91. The van der Waals surface area contributed by atoms with E-state index in [9.17, 15) is 4.79 Å². The maximum Gasteiger partial charge on any atom is 0.252 e. The van der Waals surface area contributed by atoms with Gasteiger partial charge in [0.2, 0.25) is 0 Å². The molecule has 0 spiro atoms. The van der Waals surface area contributed by atoms with Crippen molar-refractivity contribution in [2.45, 2.75) is 24.5 Å². The number of nitrogens with one attached hydrogen (secondary N) is 2. The van der Waals surface area contributed by atoms with E-state index in [0.29, 0.717) is 6.54 Å². The highest BCUT2D eigenvalue weighted by molar-refractivity contribution is 7.10. The number of methoxy groups -OCH3 is 1. The Morgan fingerprint density at radius 2 is 2.21 bits per heavy atom. The zero-order chi connectivity index (χ0) is 16.8. The van der Waals surface area contributed by atoms with Crippen LogP contribution in [0.25, 0.3) is 0 Å². The fourth-order valence-corrected chi connectivity index (χ4v) is 4.35. The Hall–Kier alpha value is -0.990. The summed E-state index contributed by atoms with van der Waals surface area (Å²) in [5.74, 6) is 0.0151. The topological polar surface area (TPSA) is 62.8 Å². The number of carbonyl (C=O) groups is 1. The van der Waals surface area contributed by atoms with Crippen LogP contribution in [0.5, 0.6) is 0 Å². The third kappa shape index (κ3) is 3.97. The molecule has 2 aliphatic heterocycles. The summed E-state index contributed by atoms with van der Waals surface area (Å²) in [4.78, 5) is 16.5. The third-order valence-corrected chi connectivity index (χ3v) is 6.00. The van der Waals surface area contributed by atoms with Crippen molar-refractivity contribution in [3.63, 3.8) is 0 Å². The van der Waals surface area contributed by atoms with E-state index in [4.69, 9.17) is 9.47 Å². The summed E-state index contributed by atoms with van der Waals surface area (Å²) in [5.41, 5.74) is -0.684. The highest BCUT2D eigenvalue weighted by Gasteiger charge is 2.40. The molecule has 0 bridgehead atoms. The Morgan fingerprint density at radius 3 is 2.83 bits per heavy atom. The van der Waals surface area contributed by atoms with Gasteiger partial charge in [-0.05, 0) is 37.4 Å². The van der Waals surface area contributed by atoms with E-state index >= 15 is 0 Å². The Balaban J connectivity index is 1.65. The summed E-state index contributed by atoms with van der Waals surface area (Å²) in [5, 5.41) is 8.54. The summed E-state index contributed by atoms with van der Waals surface area (Å²) < 4.78 is 11.1. The fourth-order valence-electron chi connectivity index (χ4n) is 3.48. The first-order valence-electron chi connectivity index (χ1n) is 8.64. The molecule has 0 aromatic carbocycles. The van der Waals surface area contributed by atoms with Crippen LogP contribution >= 0.6 is 11.3 Å². The molecule has 2 fully saturated rings. The van der Waals surface area contributed by atoms with Crippen molar-refractivity contribution in [3.8, 4) is 0 Å². The van der Waals surface area contributed by atoms with Gasteiger partial charge >= 0.3 is 0 Å². The van der Waals surface area contributed by atoms with Crippen LogP contribution < -0.4 is 10.6 Å². The lowest BCUT2D eigenvalue weighted by Gasteiger charge is -2.37. The third-order valence-electron chi connectivity index (χ3n) is 5.03. The van der Waals surface area contributed by atoms with E-state index < -0.39 is 5.60 Å². The molecule has 24 heavy (non-hydrogen) atoms. The SMILES string of the molecule is COC1(C(=O)NCC(c2cccs2)N2CCOCC2)CCNCC1. The van der Waals surface area contributed by atoms with Gasteiger partial charge < -0.3 is 20.1 Å². The van der Waals surface area contributed by atoms with Crippen LogP contribution in [0.3, 0.4) is 0 Å². The van der Waals surface area contributed by atoms with Gasteiger partial charge in [-0.25, -0.2) is 0 Å². The molecule has 1 amide bonds. The van der Waals surface area contributed by atoms with Crippen molar-refractivity contribution < 1.29 is 14.3 Å². The second kappa shape index (κ2) is 8.40. The fraction of sp³-hybridized carbons (Fsp3) is 0.706. The van der Waals surface area contributed by atoms with Gasteiger partial charge in [-0.1, -0.05) is 6.07 Å². The molecule has 1 unspecified atom stereocenters. The van der Waals surface area contributed by atoms with Crippen molar-refractivity contribution in [1.82, 2.24) is 15.5 Å². The van der Waals surface area contributed by atoms with Crippen LogP contribution in [-0.2, 0) is 14.3 Å². The molecule has 3 rings (SSSR count). The predicted molar refractivity (Wildman–Crippen MR) is 94.3 cm³/mol. The number of morpholine rings is 1. The molecule has 2 aliphatic rings. The minimum atomic E-state index is -0.684. The van der Waals surface area contributed by atoms with Gasteiger partial charge in [0.25, 0.3) is 5.91 Å². The van der Waals surface area contributed by atoms with Crippen LogP contribution in [0.15, 0.2) is 17.5 Å². The van der Waals surface area contributed by atoms with E-state index in [2.05, 4.69) is 33.0 Å². The van der Waals surface area contributed by atoms with Crippen molar-refractivity contribution in [2.75, 3.05) is 53.0 Å². The Labute approximate surface area is 147 Å². The summed E-state index contributed by atoms with van der Waals surface area (Å²) in [6.07, 6.45) is 1.44. The Kier molecular flexibility index (Phi) is 6.24. The lowest BCUT2D eigenvalue weighted by Crippen LogP contribution is -2.55. The minimum Gasteiger partial charge on any atom is -0.379 e. The number of thiophene rings is 1. The molecule has 134 valence electrons. The zero-order valence-corrected chi connectivity index (χ0v) is 15.1. The van der Waals surface area contributed by atoms with Crippen LogP contribution in [0.4, 0.5) is 0 Å². The number of rotatable bonds is 6. The zero-order valence-electron chi connectivity index (χ0n) is 14.3. The van der Waals surface area contributed by atoms with Gasteiger partial charge in [-0.15, -0.1) is 11.3 Å². The first-order chi connectivity index (χ1) is 11.7. The molecule has 1 aromatic heterocycles. The molecule has 0 radical (unpaired) electrons. The predicted octanol–water partition coefficient (Wildman–Crippen LogP) is 1.01. The number of amides is 1. The van der Waals surface area contributed by atoms with Crippen molar-refractivity contribution >= 4 is 17.2 Å². The molecule has 7 heteroatoms. The second-order valence-electron chi connectivity index (χ2n) is 6.34. The highest BCUT2D eigenvalue weighted by atomic mass is 32.1. The molecule has 6 nitrogen and oxygen atoms in total. The number of ether oxygens (including phenoxy) is 2. The first-order valence-corrected chi connectivity index (χ1v) is 9.52. The summed E-state index contributed by atoms with van der Waals surface area (Å²) in [6, 6.07) is 4.42. The van der Waals surface area contributed by atoms with E-state index in [1.807, 2.05) is 0 Å². The Morgan fingerprint density at radius 1 is 1.46 bits per heavy atom. The van der Waals surface area contributed by atoms with Crippen LogP contribution in [-0.4, -0.2) is 69.5 Å². The van der Waals surface area contributed by atoms with Gasteiger partial charge in [0.05, 0.1) is 19.3 Å². The van der Waals surface area contributed by atoms with Gasteiger partial charge in [-0.3, -0.25) is 9.69 Å². The summed E-state index contributed by atoms with van der Waals surface area (Å²) >= 11 is 1.74. The van der Waals surface area contributed by atoms with Crippen LogP contribution in [0, 0.1) is 0 Å². The van der Waals surface area contributed by atoms with Crippen molar-refractivity contribution in [3.05, 3.63) is 22.4 Å². The largest absolute Gasteiger partial charge is 0.379 e. The Bertz CT molecular complexity index is 511. The molecular weight excluding hydrogens is 326 g/mol. The monoisotopic (exact) mass is 353 g/mol. The van der Waals surface area contributed by atoms with E-state index in [-0.39, 0.29) is 11.9 Å². The van der Waals surface area contributed by atoms with Gasteiger partial charge in [0.1, 0.15) is 5.60 Å². The molecule has 0 aliphatic carbocycles. The normalized spacial score (nSPS) is 22.9. The molecule has 2 N–H and O–H groups in total. The number of nitrogens with zero attached hydrogens (tertiary/aromatic N) is 1. The first kappa shape index (κ1) is 17.8. The number of carbonyl (C=O) groups excluding carboxylic acids is 1. The standard InChI is InChI=1S/C17H27N3O3S/c1-22-17(4-6-18-7-5-17)16(21)19-13-14(15-3-2-12-24-15)20-8-10-23-11-9-20/h2-3,12,14,18H,4-11,13H2,1H3,(H,19,21). The number of hydrogen-bond acceptors (Lipinski definition) is 6. The van der Waals surface area contributed by atoms with E-state index in [1.165, 1.54) is 4.88 Å². The molecule has 2 saturated heterocycles. The molecule has 0 saturated carbocycles. The molecule has 1 atom stereocenters. The van der Waals surface area contributed by atoms with Crippen molar-refractivity contribution in [2.24, 2.45) is 0 Å². The average molecular weight is 353 g/mol. The van der Waals surface area contributed by atoms with Crippen LogP contribution in [0.2, 0.25) is 0 Å². The van der Waals surface area contributed by atoms with E-state index in [0.717, 1.165) is 52.2 Å². The van der Waals surface area contributed by atoms with Crippen molar-refractivity contribution in [1.29, 1.82) is 0 Å². The molecule has 1 aromatic rings. The van der Waals surface area contributed by atoms with Gasteiger partial charge in [0.15, 0.2) is 0 Å². The van der Waals surface area contributed by atoms with Gasteiger partial charge in [-0.2, -0.15) is 0 Å². The minimum absolute atomic E-state index is 0.0151. The smallest absolute Gasteiger partial charge is 0.252 e. The summed E-state index contributed by atoms with van der Waals surface area (Å²) in [6.45, 7) is 5.55. The second-order valence-corrected chi connectivity index (χ2v) is 7.32. The van der Waals surface area contributed by atoms with Crippen LogP contribution in [0.1, 0.15) is 23.8 Å². The maximum atomic E-state index is 12.8. The van der Waals surface area contributed by atoms with E-state index in [1.54, 1.807) is 18.4 Å².